The van der Waals surface area contributed by atoms with Crippen LogP contribution in [0.5, 0.6) is 0 Å². The average Bonchev–Trinajstić information content (AvgIpc) is 2.60. The number of carbonyl (C=O) groups is 4. The minimum Gasteiger partial charge on any atom is -0.550 e. The van der Waals surface area contributed by atoms with Gasteiger partial charge < -0.3 is 41.1 Å². The normalized spacial score (nSPS) is 21.8. The molecule has 0 aromatic heterocycles. The van der Waals surface area contributed by atoms with Crippen molar-refractivity contribution in [2.24, 2.45) is 0 Å². The summed E-state index contributed by atoms with van der Waals surface area (Å²) in [5.41, 5.74) is -0.135. The Labute approximate surface area is 231 Å². The van der Waals surface area contributed by atoms with E-state index in [4.69, 9.17) is 0 Å². The smallest absolute Gasteiger partial charge is 0.550 e. The number of carboxylic acid groups (broad SMARTS) is 2. The first-order valence-corrected chi connectivity index (χ1v) is 12.8. The van der Waals surface area contributed by atoms with Gasteiger partial charge in [0.1, 0.15) is 0 Å². The average molecular weight is 569 g/mol. The summed E-state index contributed by atoms with van der Waals surface area (Å²) in [6.07, 6.45) is 2.91. The molecule has 37 heavy (non-hydrogen) atoms. The number of piperidine rings is 2. The molecule has 2 amide bonds. The van der Waals surface area contributed by atoms with Gasteiger partial charge in [-0.05, 0) is 93.9 Å². The molecule has 4 N–H and O–H groups in total. The van der Waals surface area contributed by atoms with E-state index in [2.05, 4.69) is 76.7 Å². The minimum absolute atomic E-state index is 0. The zero-order valence-electron chi connectivity index (χ0n) is 23.6. The van der Waals surface area contributed by atoms with Crippen LogP contribution in [0.3, 0.4) is 0 Å². The molecule has 0 aliphatic carbocycles. The molecule has 216 valence electrons. The third-order valence-electron chi connectivity index (χ3n) is 6.22. The third-order valence-corrected chi connectivity index (χ3v) is 6.22. The Bertz CT molecular complexity index is 715. The van der Waals surface area contributed by atoms with Gasteiger partial charge in [-0.15, -0.1) is 0 Å². The summed E-state index contributed by atoms with van der Waals surface area (Å²) in [5, 5.41) is 33.5. The van der Waals surface area contributed by atoms with Crippen LogP contribution in [0.15, 0.2) is 0 Å². The number of carbonyl (C=O) groups excluding carboxylic acids is 4. The van der Waals surface area contributed by atoms with Crippen molar-refractivity contribution in [1.29, 1.82) is 0 Å². The summed E-state index contributed by atoms with van der Waals surface area (Å²) in [4.78, 5) is 43.8. The summed E-state index contributed by atoms with van der Waals surface area (Å²) >= 11 is 0. The molecule has 0 atom stereocenters. The van der Waals surface area contributed by atoms with Crippen molar-refractivity contribution in [3.8, 4) is 0 Å². The second-order valence-corrected chi connectivity index (χ2v) is 12.9. The summed E-state index contributed by atoms with van der Waals surface area (Å²) in [6.45, 7) is 16.8. The Morgan fingerprint density at radius 1 is 0.595 bits per heavy atom. The second kappa shape index (κ2) is 13.9. The Morgan fingerprint density at radius 2 is 0.838 bits per heavy atom. The molecule has 2 rings (SSSR count). The van der Waals surface area contributed by atoms with Gasteiger partial charge in [0, 0.05) is 59.0 Å². The predicted molar refractivity (Wildman–Crippen MR) is 133 cm³/mol. The molecular formula is C26H46N4NiO6. The van der Waals surface area contributed by atoms with Gasteiger partial charge in [0.25, 0.3) is 0 Å². The van der Waals surface area contributed by atoms with E-state index in [0.717, 1.165) is 25.7 Å². The van der Waals surface area contributed by atoms with Crippen molar-refractivity contribution in [3.05, 3.63) is 0 Å². The van der Waals surface area contributed by atoms with Gasteiger partial charge in [0.15, 0.2) is 0 Å². The van der Waals surface area contributed by atoms with Crippen molar-refractivity contribution in [3.63, 3.8) is 0 Å². The SMILES string of the molecule is CC1(C)CC(NC(=O)CCC(=O)[O-])CC(C)(C)N1.CC1(C)CC(NC(=O)CCC(=O)[O-])CC(C)(C)N1.[Ni+2]. The first kappa shape index (κ1) is 35.3. The summed E-state index contributed by atoms with van der Waals surface area (Å²) in [5.74, 6) is -2.79. The number of rotatable bonds is 8. The van der Waals surface area contributed by atoms with Crippen LogP contribution in [0.2, 0.25) is 0 Å². The molecule has 0 aromatic rings. The molecule has 2 saturated heterocycles. The second-order valence-electron chi connectivity index (χ2n) is 12.9. The molecule has 2 heterocycles. The van der Waals surface area contributed by atoms with Crippen LogP contribution in [0.1, 0.15) is 107 Å². The summed E-state index contributed by atoms with van der Waals surface area (Å²) < 4.78 is 0. The molecule has 0 bridgehead atoms. The Balaban J connectivity index is 0.000000682. The quantitative estimate of drug-likeness (QED) is 0.294. The molecule has 10 nitrogen and oxygen atoms in total. The van der Waals surface area contributed by atoms with Gasteiger partial charge >= 0.3 is 16.5 Å². The standard InChI is InChI=1S/2C13H24N2O3.Ni/c2*1-12(2)7-9(8-13(3,4)15-12)14-10(16)5-6-11(17)18;/h2*9,15H,5-8H2,1-4H3,(H,14,16)(H,17,18);/q;;+2/p-2. The first-order chi connectivity index (χ1) is 16.2. The molecule has 0 unspecified atom stereocenters. The van der Waals surface area contributed by atoms with Crippen LogP contribution in [-0.4, -0.2) is 58.0 Å². The van der Waals surface area contributed by atoms with Gasteiger partial charge in [0.05, 0.1) is 0 Å². The van der Waals surface area contributed by atoms with E-state index in [0.29, 0.717) is 0 Å². The van der Waals surface area contributed by atoms with E-state index in [1.54, 1.807) is 0 Å². The molecular weight excluding hydrogens is 523 g/mol. The molecule has 0 radical (unpaired) electrons. The zero-order chi connectivity index (χ0) is 27.9. The van der Waals surface area contributed by atoms with Gasteiger partial charge in [0.2, 0.25) is 11.8 Å². The maximum Gasteiger partial charge on any atom is 2.00 e. The molecule has 2 aliphatic rings. The van der Waals surface area contributed by atoms with Crippen LogP contribution in [0.25, 0.3) is 0 Å². The zero-order valence-corrected chi connectivity index (χ0v) is 24.6. The molecule has 11 heteroatoms. The topological polar surface area (TPSA) is 163 Å². The van der Waals surface area contributed by atoms with E-state index >= 15 is 0 Å². The Morgan fingerprint density at radius 3 is 1.05 bits per heavy atom. The number of amides is 2. The van der Waals surface area contributed by atoms with Crippen molar-refractivity contribution >= 4 is 23.8 Å². The maximum absolute atomic E-state index is 11.6. The van der Waals surface area contributed by atoms with Crippen LogP contribution in [0.4, 0.5) is 0 Å². The number of aliphatic carboxylic acids is 2. The fourth-order valence-corrected chi connectivity index (χ4v) is 5.88. The van der Waals surface area contributed by atoms with Crippen molar-refractivity contribution < 1.29 is 45.9 Å². The van der Waals surface area contributed by atoms with Crippen LogP contribution in [-0.2, 0) is 35.7 Å². The van der Waals surface area contributed by atoms with Gasteiger partial charge in [-0.25, -0.2) is 0 Å². The van der Waals surface area contributed by atoms with Gasteiger partial charge in [-0.1, -0.05) is 0 Å². The minimum atomic E-state index is -1.18. The van der Waals surface area contributed by atoms with Gasteiger partial charge in [-0.3, -0.25) is 9.59 Å². The van der Waals surface area contributed by atoms with Crippen LogP contribution >= 0.6 is 0 Å². The maximum atomic E-state index is 11.6. The molecule has 2 aliphatic heterocycles. The van der Waals surface area contributed by atoms with E-state index in [-0.39, 0.29) is 88.2 Å². The molecule has 0 aromatic carbocycles. The fourth-order valence-electron chi connectivity index (χ4n) is 5.88. The molecule has 0 spiro atoms. The number of nitrogens with one attached hydrogen (secondary N) is 4. The van der Waals surface area contributed by atoms with E-state index < -0.39 is 11.9 Å². The third kappa shape index (κ3) is 15.3. The Kier molecular flexibility index (Phi) is 13.3. The van der Waals surface area contributed by atoms with Gasteiger partial charge in [-0.2, -0.15) is 0 Å². The Hall–Kier alpha value is -1.71. The van der Waals surface area contributed by atoms with E-state index in [1.807, 2.05) is 0 Å². The van der Waals surface area contributed by atoms with Crippen molar-refractivity contribution in [2.75, 3.05) is 0 Å². The summed E-state index contributed by atoms with van der Waals surface area (Å²) in [7, 11) is 0. The first-order valence-electron chi connectivity index (χ1n) is 12.8. The molecule has 0 saturated carbocycles. The predicted octanol–water partition coefficient (Wildman–Crippen LogP) is -0.119. The van der Waals surface area contributed by atoms with E-state index in [9.17, 15) is 29.4 Å². The number of hydrogen-bond donors (Lipinski definition) is 4. The summed E-state index contributed by atoms with van der Waals surface area (Å²) in [6, 6.07) is 0.177. The van der Waals surface area contributed by atoms with Crippen molar-refractivity contribution in [2.45, 2.75) is 141 Å². The van der Waals surface area contributed by atoms with Crippen molar-refractivity contribution in [1.82, 2.24) is 21.3 Å². The number of hydrogen-bond acceptors (Lipinski definition) is 8. The monoisotopic (exact) mass is 568 g/mol. The number of carboxylic acids is 2. The largest absolute Gasteiger partial charge is 2.00 e. The van der Waals surface area contributed by atoms with Crippen LogP contribution < -0.4 is 31.5 Å². The fraction of sp³-hybridized carbons (Fsp3) is 0.846. The van der Waals surface area contributed by atoms with Crippen LogP contribution in [0, 0.1) is 0 Å². The molecule has 2 fully saturated rings. The van der Waals surface area contributed by atoms with E-state index in [1.165, 1.54) is 0 Å².